The third kappa shape index (κ3) is 3.86. The fourth-order valence-electron chi connectivity index (χ4n) is 3.35. The summed E-state index contributed by atoms with van der Waals surface area (Å²) in [6.07, 6.45) is 8.82. The van der Waals surface area contributed by atoms with Gasteiger partial charge in [-0.05, 0) is 55.1 Å². The highest BCUT2D eigenvalue weighted by molar-refractivity contribution is 5.94. The second kappa shape index (κ2) is 7.58. The van der Waals surface area contributed by atoms with Gasteiger partial charge >= 0.3 is 0 Å². The molecule has 1 N–H and O–H groups in total. The van der Waals surface area contributed by atoms with E-state index in [1.807, 2.05) is 24.3 Å². The number of piperidine rings is 1. The zero-order valence-corrected chi connectivity index (χ0v) is 14.6. The quantitative estimate of drug-likeness (QED) is 0.785. The van der Waals surface area contributed by atoms with Gasteiger partial charge in [0, 0.05) is 17.1 Å². The van der Waals surface area contributed by atoms with E-state index in [1.54, 1.807) is 18.6 Å². The number of aromatic nitrogens is 3. The molecule has 0 bridgehead atoms. The first-order valence-corrected chi connectivity index (χ1v) is 8.97. The van der Waals surface area contributed by atoms with Crippen molar-refractivity contribution < 1.29 is 4.79 Å². The molecule has 0 radical (unpaired) electrons. The Bertz CT molecular complexity index is 906. The maximum absolute atomic E-state index is 12.3. The van der Waals surface area contributed by atoms with Crippen molar-refractivity contribution in [3.8, 4) is 11.1 Å². The predicted octanol–water partition coefficient (Wildman–Crippen LogP) is 3.12. The molecule has 1 saturated heterocycles. The SMILES string of the molecule is O=C(CN1CCCCC1)Nc1cc2cc(-c3ccnnc3)ccc2cn1. The van der Waals surface area contributed by atoms with E-state index in [0.29, 0.717) is 12.4 Å². The van der Waals surface area contributed by atoms with Crippen molar-refractivity contribution in [3.05, 3.63) is 48.9 Å². The van der Waals surface area contributed by atoms with Crippen molar-refractivity contribution in [2.45, 2.75) is 19.3 Å². The number of nitrogens with zero attached hydrogens (tertiary/aromatic N) is 4. The lowest BCUT2D eigenvalue weighted by molar-refractivity contribution is -0.117. The van der Waals surface area contributed by atoms with Crippen molar-refractivity contribution >= 4 is 22.5 Å². The Morgan fingerprint density at radius 3 is 2.65 bits per heavy atom. The minimum Gasteiger partial charge on any atom is -0.310 e. The number of carbonyl (C=O) groups is 1. The van der Waals surface area contributed by atoms with E-state index in [9.17, 15) is 4.79 Å². The lowest BCUT2D eigenvalue weighted by Crippen LogP contribution is -2.36. The van der Waals surface area contributed by atoms with Crippen molar-refractivity contribution in [2.75, 3.05) is 25.0 Å². The maximum atomic E-state index is 12.3. The van der Waals surface area contributed by atoms with Gasteiger partial charge < -0.3 is 5.32 Å². The summed E-state index contributed by atoms with van der Waals surface area (Å²) in [5.41, 5.74) is 2.07. The Morgan fingerprint density at radius 2 is 1.85 bits per heavy atom. The van der Waals surface area contributed by atoms with Gasteiger partial charge in [0.2, 0.25) is 5.91 Å². The molecule has 3 heterocycles. The van der Waals surface area contributed by atoms with Crippen LogP contribution in [0.15, 0.2) is 48.9 Å². The molecule has 1 fully saturated rings. The largest absolute Gasteiger partial charge is 0.310 e. The number of benzene rings is 1. The highest BCUT2D eigenvalue weighted by atomic mass is 16.2. The Hall–Kier alpha value is -2.86. The molecule has 1 amide bonds. The van der Waals surface area contributed by atoms with Crippen molar-refractivity contribution in [3.63, 3.8) is 0 Å². The van der Waals surface area contributed by atoms with E-state index in [4.69, 9.17) is 0 Å². The van der Waals surface area contributed by atoms with E-state index in [1.165, 1.54) is 19.3 Å². The first kappa shape index (κ1) is 16.6. The first-order chi connectivity index (χ1) is 12.8. The highest BCUT2D eigenvalue weighted by Crippen LogP contribution is 2.24. The number of nitrogens with one attached hydrogen (secondary N) is 1. The van der Waals surface area contributed by atoms with Crippen LogP contribution in [0.3, 0.4) is 0 Å². The van der Waals surface area contributed by atoms with Gasteiger partial charge in [-0.25, -0.2) is 4.98 Å². The molecular weight excluding hydrogens is 326 g/mol. The number of hydrogen-bond donors (Lipinski definition) is 1. The van der Waals surface area contributed by atoms with Crippen molar-refractivity contribution in [1.82, 2.24) is 20.1 Å². The number of hydrogen-bond acceptors (Lipinski definition) is 5. The van der Waals surface area contributed by atoms with E-state index in [2.05, 4.69) is 31.5 Å². The minimum absolute atomic E-state index is 0.00626. The molecule has 0 spiro atoms. The van der Waals surface area contributed by atoms with E-state index >= 15 is 0 Å². The van der Waals surface area contributed by atoms with Gasteiger partial charge in [-0.1, -0.05) is 18.6 Å². The number of fused-ring (bicyclic) bond motifs is 1. The molecular formula is C20H21N5O. The topological polar surface area (TPSA) is 71.0 Å². The summed E-state index contributed by atoms with van der Waals surface area (Å²) in [5, 5.41) is 12.7. The molecule has 2 aromatic heterocycles. The lowest BCUT2D eigenvalue weighted by Gasteiger charge is -2.25. The smallest absolute Gasteiger partial charge is 0.239 e. The molecule has 0 atom stereocenters. The number of amides is 1. The average Bonchev–Trinajstić information content (AvgIpc) is 2.69. The average molecular weight is 347 g/mol. The van der Waals surface area contributed by atoms with Crippen LogP contribution in [-0.4, -0.2) is 45.6 Å². The third-order valence-corrected chi connectivity index (χ3v) is 4.72. The standard InChI is InChI=1S/C20H21N5O/c26-20(14-25-8-2-1-3-9-25)24-19-11-18-10-15(4-5-16(18)12-21-19)17-6-7-22-23-13-17/h4-7,10-13H,1-3,8-9,14H2,(H,21,24,26). The molecule has 6 heteroatoms. The summed E-state index contributed by atoms with van der Waals surface area (Å²) in [7, 11) is 0. The molecule has 1 aromatic carbocycles. The summed E-state index contributed by atoms with van der Waals surface area (Å²) in [6, 6.07) is 9.99. The molecule has 0 aliphatic carbocycles. The summed E-state index contributed by atoms with van der Waals surface area (Å²) >= 11 is 0. The van der Waals surface area contributed by atoms with Crippen LogP contribution < -0.4 is 5.32 Å². The van der Waals surface area contributed by atoms with Crippen LogP contribution in [0.2, 0.25) is 0 Å². The van der Waals surface area contributed by atoms with Crippen LogP contribution in [0, 0.1) is 0 Å². The number of anilines is 1. The molecule has 3 aromatic rings. The summed E-state index contributed by atoms with van der Waals surface area (Å²) in [6.45, 7) is 2.44. The van der Waals surface area contributed by atoms with E-state index < -0.39 is 0 Å². The summed E-state index contributed by atoms with van der Waals surface area (Å²) in [4.78, 5) is 18.9. The monoisotopic (exact) mass is 347 g/mol. The van der Waals surface area contributed by atoms with Gasteiger partial charge in [0.05, 0.1) is 18.9 Å². The number of rotatable bonds is 4. The third-order valence-electron chi connectivity index (χ3n) is 4.72. The van der Waals surface area contributed by atoms with Gasteiger partial charge in [0.25, 0.3) is 0 Å². The molecule has 26 heavy (non-hydrogen) atoms. The van der Waals surface area contributed by atoms with E-state index in [0.717, 1.165) is 35.0 Å². The zero-order valence-electron chi connectivity index (χ0n) is 14.6. The van der Waals surface area contributed by atoms with Crippen LogP contribution in [-0.2, 0) is 4.79 Å². The number of carbonyl (C=O) groups excluding carboxylic acids is 1. The van der Waals surface area contributed by atoms with Crippen LogP contribution >= 0.6 is 0 Å². The van der Waals surface area contributed by atoms with E-state index in [-0.39, 0.29) is 5.91 Å². The van der Waals surface area contributed by atoms with Gasteiger partial charge in [-0.15, -0.1) is 0 Å². The van der Waals surface area contributed by atoms with Crippen LogP contribution in [0.4, 0.5) is 5.82 Å². The Kier molecular flexibility index (Phi) is 4.84. The van der Waals surface area contributed by atoms with Gasteiger partial charge in [0.15, 0.2) is 0 Å². The van der Waals surface area contributed by atoms with Crippen molar-refractivity contribution in [1.29, 1.82) is 0 Å². The fourth-order valence-corrected chi connectivity index (χ4v) is 3.35. The maximum Gasteiger partial charge on any atom is 0.239 e. The first-order valence-electron chi connectivity index (χ1n) is 8.97. The van der Waals surface area contributed by atoms with Gasteiger partial charge in [0.1, 0.15) is 5.82 Å². The van der Waals surface area contributed by atoms with Gasteiger partial charge in [-0.3, -0.25) is 9.69 Å². The Morgan fingerprint density at radius 1 is 0.962 bits per heavy atom. The second-order valence-electron chi connectivity index (χ2n) is 6.65. The second-order valence-corrected chi connectivity index (χ2v) is 6.65. The fraction of sp³-hybridized carbons (Fsp3) is 0.300. The van der Waals surface area contributed by atoms with Crippen LogP contribution in [0.5, 0.6) is 0 Å². The highest BCUT2D eigenvalue weighted by Gasteiger charge is 2.14. The molecule has 1 aliphatic rings. The van der Waals surface area contributed by atoms with Crippen LogP contribution in [0.25, 0.3) is 21.9 Å². The van der Waals surface area contributed by atoms with Crippen LogP contribution in [0.1, 0.15) is 19.3 Å². The molecule has 0 saturated carbocycles. The summed E-state index contributed by atoms with van der Waals surface area (Å²) < 4.78 is 0. The molecule has 132 valence electrons. The zero-order chi connectivity index (χ0) is 17.8. The number of pyridine rings is 1. The Labute approximate surface area is 152 Å². The summed E-state index contributed by atoms with van der Waals surface area (Å²) in [5.74, 6) is 0.581. The predicted molar refractivity (Wildman–Crippen MR) is 102 cm³/mol. The normalized spacial score (nSPS) is 15.1. The van der Waals surface area contributed by atoms with Crippen molar-refractivity contribution in [2.24, 2.45) is 0 Å². The lowest BCUT2D eigenvalue weighted by atomic mass is 10.0. The minimum atomic E-state index is -0.00626. The molecule has 6 nitrogen and oxygen atoms in total. The molecule has 1 aliphatic heterocycles. The molecule has 0 unspecified atom stereocenters. The van der Waals surface area contributed by atoms with Gasteiger partial charge in [-0.2, -0.15) is 10.2 Å². The Balaban J connectivity index is 1.51. The molecule has 4 rings (SSSR count). The number of likely N-dealkylation sites (tertiary alicyclic amines) is 1.